The van der Waals surface area contributed by atoms with Crippen LogP contribution in [0.1, 0.15) is 23.7 Å². The Morgan fingerprint density at radius 2 is 2.13 bits per heavy atom. The first-order chi connectivity index (χ1) is 7.36. The van der Waals surface area contributed by atoms with Crippen LogP contribution in [0.4, 0.5) is 0 Å². The lowest BCUT2D eigenvalue weighted by Crippen LogP contribution is -2.18. The molecule has 78 valence electrons. The Morgan fingerprint density at radius 3 is 2.80 bits per heavy atom. The molecule has 0 saturated heterocycles. The maximum absolute atomic E-state index is 4.16. The summed E-state index contributed by atoms with van der Waals surface area (Å²) in [5, 5.41) is 5.48. The van der Waals surface area contributed by atoms with Crippen LogP contribution >= 0.6 is 11.3 Å². The summed E-state index contributed by atoms with van der Waals surface area (Å²) in [4.78, 5) is 9.66. The molecular weight excluding hydrogens is 206 g/mol. The Kier molecular flexibility index (Phi) is 3.42. The molecule has 2 aromatic heterocycles. The molecule has 0 unspecified atom stereocenters. The van der Waals surface area contributed by atoms with E-state index in [9.17, 15) is 0 Å². The highest BCUT2D eigenvalue weighted by Crippen LogP contribution is 2.17. The summed E-state index contributed by atoms with van der Waals surface area (Å²) in [6, 6.07) is 6.38. The van der Waals surface area contributed by atoms with Crippen LogP contribution in [0.5, 0.6) is 0 Å². The van der Waals surface area contributed by atoms with Crippen LogP contribution in [0.2, 0.25) is 0 Å². The van der Waals surface area contributed by atoms with Crippen molar-refractivity contribution in [1.82, 2.24) is 15.3 Å². The number of thiophene rings is 1. The molecule has 0 bridgehead atoms. The lowest BCUT2D eigenvalue weighted by atomic mass is 10.3. The highest BCUT2D eigenvalue weighted by Gasteiger charge is 2.05. The van der Waals surface area contributed by atoms with E-state index in [0.717, 1.165) is 5.82 Å². The first-order valence-electron chi connectivity index (χ1n) is 4.89. The molecule has 0 aliphatic rings. The number of hydrogen-bond donors (Lipinski definition) is 1. The molecular formula is C11H13N3S. The van der Waals surface area contributed by atoms with E-state index in [1.165, 1.54) is 4.88 Å². The summed E-state index contributed by atoms with van der Waals surface area (Å²) in [5.41, 5.74) is 0. The quantitative estimate of drug-likeness (QED) is 0.858. The number of hydrogen-bond acceptors (Lipinski definition) is 4. The Balaban J connectivity index is 1.89. The van der Waals surface area contributed by atoms with Gasteiger partial charge in [-0.15, -0.1) is 11.3 Å². The van der Waals surface area contributed by atoms with Gasteiger partial charge in [-0.05, 0) is 24.4 Å². The van der Waals surface area contributed by atoms with Gasteiger partial charge in [0, 0.05) is 23.3 Å². The van der Waals surface area contributed by atoms with Gasteiger partial charge in [-0.1, -0.05) is 6.07 Å². The van der Waals surface area contributed by atoms with Gasteiger partial charge in [0.1, 0.15) is 5.82 Å². The van der Waals surface area contributed by atoms with Gasteiger partial charge in [-0.25, -0.2) is 9.97 Å². The predicted molar refractivity (Wildman–Crippen MR) is 61.6 cm³/mol. The number of nitrogens with one attached hydrogen (secondary N) is 1. The second-order valence-corrected chi connectivity index (χ2v) is 4.26. The van der Waals surface area contributed by atoms with Crippen molar-refractivity contribution in [3.8, 4) is 0 Å². The predicted octanol–water partition coefficient (Wildman–Crippen LogP) is 2.39. The zero-order valence-electron chi connectivity index (χ0n) is 8.55. The Bertz CT molecular complexity index is 385. The second-order valence-electron chi connectivity index (χ2n) is 3.28. The largest absolute Gasteiger partial charge is 0.302 e. The van der Waals surface area contributed by atoms with Crippen LogP contribution < -0.4 is 5.32 Å². The SMILES string of the molecule is C[C@@H](NCc1ncccn1)c1cccs1. The Morgan fingerprint density at radius 1 is 1.33 bits per heavy atom. The zero-order valence-corrected chi connectivity index (χ0v) is 9.37. The molecule has 2 aromatic rings. The monoisotopic (exact) mass is 219 g/mol. The summed E-state index contributed by atoms with van der Waals surface area (Å²) >= 11 is 1.76. The fourth-order valence-corrected chi connectivity index (χ4v) is 2.06. The molecule has 0 aliphatic heterocycles. The van der Waals surface area contributed by atoms with Crippen molar-refractivity contribution >= 4 is 11.3 Å². The first-order valence-corrected chi connectivity index (χ1v) is 5.77. The van der Waals surface area contributed by atoms with Crippen molar-refractivity contribution < 1.29 is 0 Å². The molecule has 2 rings (SSSR count). The van der Waals surface area contributed by atoms with Gasteiger partial charge in [-0.3, -0.25) is 0 Å². The van der Waals surface area contributed by atoms with Crippen LogP contribution in [0.15, 0.2) is 36.0 Å². The van der Waals surface area contributed by atoms with E-state index < -0.39 is 0 Å². The van der Waals surface area contributed by atoms with E-state index >= 15 is 0 Å². The topological polar surface area (TPSA) is 37.8 Å². The molecule has 0 radical (unpaired) electrons. The van der Waals surface area contributed by atoms with Crippen LogP contribution in [0, 0.1) is 0 Å². The first kappa shape index (κ1) is 10.3. The molecule has 0 amide bonds. The highest BCUT2D eigenvalue weighted by atomic mass is 32.1. The molecule has 15 heavy (non-hydrogen) atoms. The normalized spacial score (nSPS) is 12.6. The minimum Gasteiger partial charge on any atom is -0.302 e. The van der Waals surface area contributed by atoms with E-state index in [0.29, 0.717) is 12.6 Å². The van der Waals surface area contributed by atoms with Crippen molar-refractivity contribution in [2.75, 3.05) is 0 Å². The molecule has 0 aliphatic carbocycles. The van der Waals surface area contributed by atoms with Gasteiger partial charge >= 0.3 is 0 Å². The summed E-state index contributed by atoms with van der Waals surface area (Å²) in [5.74, 6) is 0.834. The maximum atomic E-state index is 4.16. The van der Waals surface area contributed by atoms with Crippen molar-refractivity contribution in [2.45, 2.75) is 19.5 Å². The van der Waals surface area contributed by atoms with Gasteiger partial charge < -0.3 is 5.32 Å². The summed E-state index contributed by atoms with van der Waals surface area (Å²) in [6.07, 6.45) is 3.53. The summed E-state index contributed by atoms with van der Waals surface area (Å²) in [7, 11) is 0. The van der Waals surface area contributed by atoms with Crippen molar-refractivity contribution in [3.63, 3.8) is 0 Å². The van der Waals surface area contributed by atoms with Crippen LogP contribution in [-0.4, -0.2) is 9.97 Å². The Labute approximate surface area is 93.2 Å². The third-order valence-corrected chi connectivity index (χ3v) is 3.21. The van der Waals surface area contributed by atoms with Gasteiger partial charge in [0.25, 0.3) is 0 Å². The molecule has 4 heteroatoms. The molecule has 1 N–H and O–H groups in total. The minimum atomic E-state index is 0.355. The van der Waals surface area contributed by atoms with E-state index in [1.54, 1.807) is 23.7 Å². The summed E-state index contributed by atoms with van der Waals surface area (Å²) < 4.78 is 0. The number of nitrogens with zero attached hydrogens (tertiary/aromatic N) is 2. The standard InChI is InChI=1S/C11H13N3S/c1-9(10-4-2-7-15-10)14-8-11-12-5-3-6-13-11/h2-7,9,14H,8H2,1H3/t9-/m1/s1. The van der Waals surface area contributed by atoms with E-state index in [4.69, 9.17) is 0 Å². The average Bonchev–Trinajstić information content (AvgIpc) is 2.81. The molecule has 0 aromatic carbocycles. The third-order valence-electron chi connectivity index (χ3n) is 2.16. The molecule has 2 heterocycles. The molecule has 0 fully saturated rings. The fourth-order valence-electron chi connectivity index (χ4n) is 1.30. The third kappa shape index (κ3) is 2.84. The summed E-state index contributed by atoms with van der Waals surface area (Å²) in [6.45, 7) is 2.86. The minimum absolute atomic E-state index is 0.355. The second kappa shape index (κ2) is 5.00. The van der Waals surface area contributed by atoms with Gasteiger partial charge in [-0.2, -0.15) is 0 Å². The molecule has 1 atom stereocenters. The van der Waals surface area contributed by atoms with Crippen molar-refractivity contribution in [2.24, 2.45) is 0 Å². The van der Waals surface area contributed by atoms with Crippen LogP contribution in [0.25, 0.3) is 0 Å². The molecule has 0 spiro atoms. The molecule has 3 nitrogen and oxygen atoms in total. The van der Waals surface area contributed by atoms with Crippen molar-refractivity contribution in [1.29, 1.82) is 0 Å². The van der Waals surface area contributed by atoms with E-state index in [-0.39, 0.29) is 0 Å². The van der Waals surface area contributed by atoms with Gasteiger partial charge in [0.2, 0.25) is 0 Å². The van der Waals surface area contributed by atoms with E-state index in [2.05, 4.69) is 39.7 Å². The zero-order chi connectivity index (χ0) is 10.5. The lowest BCUT2D eigenvalue weighted by molar-refractivity contribution is 0.566. The Hall–Kier alpha value is -1.26. The average molecular weight is 219 g/mol. The highest BCUT2D eigenvalue weighted by molar-refractivity contribution is 7.10. The van der Waals surface area contributed by atoms with Crippen LogP contribution in [0.3, 0.4) is 0 Å². The van der Waals surface area contributed by atoms with E-state index in [1.807, 2.05) is 6.07 Å². The van der Waals surface area contributed by atoms with Gasteiger partial charge in [0.15, 0.2) is 0 Å². The van der Waals surface area contributed by atoms with Crippen molar-refractivity contribution in [3.05, 3.63) is 46.7 Å². The lowest BCUT2D eigenvalue weighted by Gasteiger charge is -2.10. The number of rotatable bonds is 4. The smallest absolute Gasteiger partial charge is 0.141 e. The number of aromatic nitrogens is 2. The van der Waals surface area contributed by atoms with Crippen LogP contribution in [-0.2, 0) is 6.54 Å². The fraction of sp³-hybridized carbons (Fsp3) is 0.273. The maximum Gasteiger partial charge on any atom is 0.141 e. The molecule has 0 saturated carbocycles. The van der Waals surface area contributed by atoms with Gasteiger partial charge in [0.05, 0.1) is 6.54 Å².